The highest BCUT2D eigenvalue weighted by molar-refractivity contribution is 7.99. The number of ether oxygens (including phenoxy) is 11. The van der Waals surface area contributed by atoms with E-state index in [1.807, 2.05) is 0 Å². The third kappa shape index (κ3) is 20.7. The minimum Gasteiger partial charge on any atom is -0.479 e. The normalized spacial score (nSPS) is 37.9. The van der Waals surface area contributed by atoms with Gasteiger partial charge in [-0.1, -0.05) is 6.92 Å². The topological polar surface area (TPSA) is 532 Å². The summed E-state index contributed by atoms with van der Waals surface area (Å²) < 4.78 is 63.3. The number of nitrogens with one attached hydrogen (secondary N) is 3. The van der Waals surface area contributed by atoms with E-state index in [2.05, 4.69) is 28.6 Å². The third-order valence-electron chi connectivity index (χ3n) is 15.8. The van der Waals surface area contributed by atoms with Crippen LogP contribution in [0.1, 0.15) is 66.7 Å². The summed E-state index contributed by atoms with van der Waals surface area (Å²) in [6.45, 7) is 3.95. The standard InChI is InChI=1S/C56H81N3O35S2/c1-7-35(64)79-18-33-30(91-93-55-41(70)39(68)44(47(88-55)50(74)75)86-52-26(57-21(3)61)14-29(90-78-6)32(17-60)82-52)15-28(59-23(5)63)54(83-33)87-45-40(69)42(71)56(89-48(45)51(76)77)94-92-31-16-27(58-22(4)62)53(85-43-38(67)37(66)20(2)81-46(43)49(72)73)84-34(31)19-80-36(65)12-13-96-25-10-8-24(95)9-11-25/h8-11,20,26-34,37-48,52-56,60,66-71,95H,7,12-19H2,1-6H3,(H,57,61)(H,58,62)(H,59,63)(H,72,73)(H,74,75)(H,76,77)/t20?,26-,27-,28?,29-,30-,31-,32?,33-,34-,37?,38?,39?,40?,41?,42?,43+,44+,45+,46?,47?,48?,52-,53-,54-,55?,56?/m0/s1. The fraction of sp³-hybridized carbons (Fsp3) is 0.750. The highest BCUT2D eigenvalue weighted by atomic mass is 32.2. The highest BCUT2D eigenvalue weighted by Crippen LogP contribution is 2.37. The molecule has 7 rings (SSSR count). The van der Waals surface area contributed by atoms with Crippen molar-refractivity contribution in [3.8, 4) is 0 Å². The van der Waals surface area contributed by atoms with Crippen molar-refractivity contribution in [2.75, 3.05) is 32.7 Å². The largest absolute Gasteiger partial charge is 0.479 e. The second-order valence-electron chi connectivity index (χ2n) is 22.9. The molecule has 0 spiro atoms. The lowest BCUT2D eigenvalue weighted by atomic mass is 9.94. The third-order valence-corrected chi connectivity index (χ3v) is 17.1. The maximum absolute atomic E-state index is 13.2. The molecule has 6 aliphatic rings. The Morgan fingerprint density at radius 1 is 0.521 bits per heavy atom. The zero-order valence-electron chi connectivity index (χ0n) is 52.3. The van der Waals surface area contributed by atoms with E-state index < -0.39 is 246 Å². The highest BCUT2D eigenvalue weighted by Gasteiger charge is 2.57. The van der Waals surface area contributed by atoms with Gasteiger partial charge in [-0.2, -0.15) is 0 Å². The van der Waals surface area contributed by atoms with Gasteiger partial charge in [0.2, 0.25) is 30.3 Å². The van der Waals surface area contributed by atoms with Crippen LogP contribution in [-0.2, 0) is 120 Å². The van der Waals surface area contributed by atoms with Crippen molar-refractivity contribution in [1.29, 1.82) is 0 Å². The van der Waals surface area contributed by atoms with Crippen LogP contribution in [0.3, 0.4) is 0 Å². The van der Waals surface area contributed by atoms with Crippen molar-refractivity contribution in [1.82, 2.24) is 16.0 Å². The van der Waals surface area contributed by atoms with Gasteiger partial charge in [0.1, 0.15) is 105 Å². The van der Waals surface area contributed by atoms with E-state index in [0.717, 1.165) is 25.7 Å². The van der Waals surface area contributed by atoms with Crippen molar-refractivity contribution < 1.29 is 171 Å². The summed E-state index contributed by atoms with van der Waals surface area (Å²) in [5, 5.41) is 116. The first kappa shape index (κ1) is 78.1. The van der Waals surface area contributed by atoms with Crippen LogP contribution in [-0.4, -0.2) is 297 Å². The molecule has 6 fully saturated rings. The molecule has 1 aromatic rings. The molecule has 0 radical (unpaired) electrons. The molecule has 13 N–H and O–H groups in total. The second kappa shape index (κ2) is 36.2. The number of hydrogen-bond donors (Lipinski definition) is 14. The number of aliphatic carboxylic acids is 3. The van der Waals surface area contributed by atoms with Crippen molar-refractivity contribution in [2.45, 2.75) is 242 Å². The first-order valence-corrected chi connectivity index (χ1v) is 31.6. The predicted octanol–water partition coefficient (Wildman–Crippen LogP) is -4.80. The van der Waals surface area contributed by atoms with E-state index in [-0.39, 0.29) is 25.0 Å². The second-order valence-corrected chi connectivity index (χ2v) is 24.6. The molecule has 40 heteroatoms. The number of carbonyl (C=O) groups is 8. The van der Waals surface area contributed by atoms with Gasteiger partial charge >= 0.3 is 29.8 Å². The zero-order chi connectivity index (χ0) is 70.4. The van der Waals surface area contributed by atoms with Gasteiger partial charge in [-0.15, -0.1) is 24.4 Å². The average Bonchev–Trinajstić information content (AvgIpc) is 0.793. The Morgan fingerprint density at radius 2 is 0.906 bits per heavy atom. The van der Waals surface area contributed by atoms with Crippen LogP contribution in [0, 0.1) is 0 Å². The molecule has 1 aromatic carbocycles. The molecule has 3 amide bonds. The smallest absolute Gasteiger partial charge is 0.335 e. The Bertz CT molecular complexity index is 2770. The summed E-state index contributed by atoms with van der Waals surface area (Å²) in [4.78, 5) is 135. The molecule has 6 heterocycles. The zero-order valence-corrected chi connectivity index (χ0v) is 54.0. The van der Waals surface area contributed by atoms with Crippen LogP contribution >= 0.6 is 24.4 Å². The predicted molar refractivity (Wildman–Crippen MR) is 310 cm³/mol. The lowest BCUT2D eigenvalue weighted by molar-refractivity contribution is -0.461. The molecule has 0 saturated carbocycles. The number of thioether (sulfide) groups is 1. The number of thiol groups is 1. The lowest BCUT2D eigenvalue weighted by Crippen LogP contribution is -2.65. The van der Waals surface area contributed by atoms with E-state index in [1.165, 1.54) is 32.7 Å². The van der Waals surface area contributed by atoms with E-state index >= 15 is 0 Å². The van der Waals surface area contributed by atoms with Crippen LogP contribution in [0.15, 0.2) is 34.1 Å². The van der Waals surface area contributed by atoms with Crippen molar-refractivity contribution >= 4 is 72.0 Å². The molecule has 27 atom stereocenters. The van der Waals surface area contributed by atoms with Crippen LogP contribution < -0.4 is 16.0 Å². The van der Waals surface area contributed by atoms with Crippen molar-refractivity contribution in [3.63, 3.8) is 0 Å². The number of esters is 2. The Hall–Kier alpha value is -5.20. The van der Waals surface area contributed by atoms with Crippen LogP contribution in [0.2, 0.25) is 0 Å². The molecule has 0 aromatic heterocycles. The summed E-state index contributed by atoms with van der Waals surface area (Å²) >= 11 is 5.59. The molecule has 0 aliphatic carbocycles. The molecule has 0 bridgehead atoms. The SMILES string of the molecule is CCC(=O)OC[C@@H]1O[C@@H](O[C@H]2C(C(=O)O)OC(OO[C@H]3C[C@H](NC(C)=O)[C@H](O[C@H]4C(C(=O)O)OC(C)C(O)C4O)O[C@H]3COC(=O)CCSc3ccc(S)cc3)C(O)C2O)C(NC(C)=O)C[C@@H]1OOC1OC(C(=O)O)[C@H](O[C@@H]2OC(CO)[C@@H](OOC)C[C@@H]2NC(C)=O)C(O)C1O. The van der Waals surface area contributed by atoms with Crippen LogP contribution in [0.4, 0.5) is 0 Å². The van der Waals surface area contributed by atoms with Crippen LogP contribution in [0.25, 0.3) is 0 Å². The number of rotatable bonds is 30. The van der Waals surface area contributed by atoms with Crippen LogP contribution in [0.5, 0.6) is 0 Å². The van der Waals surface area contributed by atoms with Crippen molar-refractivity contribution in [3.05, 3.63) is 24.3 Å². The molecular formula is C56H81N3O35S2. The number of benzene rings is 1. The molecule has 14 unspecified atom stereocenters. The number of carboxylic acid groups (broad SMARTS) is 3. The van der Waals surface area contributed by atoms with Gasteiger partial charge in [-0.05, 0) is 31.2 Å². The van der Waals surface area contributed by atoms with E-state index in [4.69, 9.17) is 81.4 Å². The number of amides is 3. The summed E-state index contributed by atoms with van der Waals surface area (Å²) in [5.74, 6) is -8.67. The Balaban J connectivity index is 1.06. The number of hydrogen-bond acceptors (Lipinski definition) is 34. The summed E-state index contributed by atoms with van der Waals surface area (Å²) in [6, 6.07) is 3.14. The van der Waals surface area contributed by atoms with Gasteiger partial charge in [0.05, 0.1) is 44.4 Å². The fourth-order valence-corrected chi connectivity index (χ4v) is 12.0. The van der Waals surface area contributed by atoms with Gasteiger partial charge in [0.15, 0.2) is 37.2 Å². The van der Waals surface area contributed by atoms with E-state index in [0.29, 0.717) is 4.90 Å². The molecular weight excluding hydrogens is 1340 g/mol. The minimum atomic E-state index is -2.34. The first-order chi connectivity index (χ1) is 45.5. The quantitative estimate of drug-likeness (QED) is 0.0113. The van der Waals surface area contributed by atoms with E-state index in [9.17, 15) is 89.4 Å². The molecule has 96 heavy (non-hydrogen) atoms. The Labute approximate surface area is 556 Å². The number of carboxylic acids is 3. The van der Waals surface area contributed by atoms with Gasteiger partial charge in [0, 0.05) is 62.0 Å². The summed E-state index contributed by atoms with van der Waals surface area (Å²) in [6.07, 6.45) is -45.6. The maximum atomic E-state index is 13.2. The van der Waals surface area contributed by atoms with Gasteiger partial charge in [-0.3, -0.25) is 24.0 Å². The Kier molecular flexibility index (Phi) is 29.5. The first-order valence-electron chi connectivity index (χ1n) is 30.2. The van der Waals surface area contributed by atoms with E-state index in [1.54, 1.807) is 24.3 Å². The van der Waals surface area contributed by atoms with Gasteiger partial charge in [0.25, 0.3) is 0 Å². The molecule has 542 valence electrons. The summed E-state index contributed by atoms with van der Waals surface area (Å²) in [7, 11) is 1.18. The molecule has 6 saturated heterocycles. The minimum absolute atomic E-state index is 0.125. The fourth-order valence-electron chi connectivity index (χ4n) is 11.0. The Morgan fingerprint density at radius 3 is 1.29 bits per heavy atom. The van der Waals surface area contributed by atoms with Gasteiger partial charge in [-0.25, -0.2) is 43.7 Å². The molecule has 6 aliphatic heterocycles. The average molecular weight is 1420 g/mol. The van der Waals surface area contributed by atoms with Crippen molar-refractivity contribution in [2.24, 2.45) is 0 Å². The van der Waals surface area contributed by atoms with Gasteiger partial charge < -0.3 is 119 Å². The number of carbonyl (C=O) groups excluding carboxylic acids is 5. The number of aliphatic hydroxyl groups excluding tert-OH is 7. The lowest BCUT2D eigenvalue weighted by Gasteiger charge is -2.46. The molecule has 38 nitrogen and oxygen atoms in total. The maximum Gasteiger partial charge on any atom is 0.335 e. The summed E-state index contributed by atoms with van der Waals surface area (Å²) in [5.41, 5.74) is 0. The monoisotopic (exact) mass is 1420 g/mol. The number of aliphatic hydroxyl groups is 7.